The first-order valence-electron chi connectivity index (χ1n) is 8.40. The third kappa shape index (κ3) is 2.29. The van der Waals surface area contributed by atoms with Crippen LogP contribution in [0.2, 0.25) is 0 Å². The molecule has 2 aromatic heterocycles. The average Bonchev–Trinajstić information content (AvgIpc) is 2.58. The highest BCUT2D eigenvalue weighted by atomic mass is 19.1. The van der Waals surface area contributed by atoms with Gasteiger partial charge >= 0.3 is 5.63 Å². The van der Waals surface area contributed by atoms with Gasteiger partial charge in [0.2, 0.25) is 5.82 Å². The molecule has 26 heavy (non-hydrogen) atoms. The van der Waals surface area contributed by atoms with Crippen molar-refractivity contribution in [3.63, 3.8) is 0 Å². The lowest BCUT2D eigenvalue weighted by Gasteiger charge is -2.20. The Labute approximate surface area is 147 Å². The minimum absolute atomic E-state index is 0.00343. The Bertz CT molecular complexity index is 1210. The van der Waals surface area contributed by atoms with E-state index in [9.17, 15) is 14.0 Å². The summed E-state index contributed by atoms with van der Waals surface area (Å²) in [5.41, 5.74) is 0.225. The summed E-state index contributed by atoms with van der Waals surface area (Å²) in [6.45, 7) is 5.64. The fraction of sp³-hybridized carbons (Fsp3) is 0.300. The van der Waals surface area contributed by atoms with E-state index in [2.05, 4.69) is 6.08 Å². The predicted octanol–water partition coefficient (Wildman–Crippen LogP) is 3.79. The van der Waals surface area contributed by atoms with Crippen molar-refractivity contribution in [2.75, 3.05) is 6.61 Å². The smallest absolute Gasteiger partial charge is 0.372 e. The maximum absolute atomic E-state index is 14.5. The molecule has 0 saturated carbocycles. The molecule has 3 aromatic rings. The van der Waals surface area contributed by atoms with Crippen molar-refractivity contribution < 1.29 is 18.0 Å². The molecule has 0 spiro atoms. The molecule has 0 bridgehead atoms. The number of benzene rings is 1. The van der Waals surface area contributed by atoms with Gasteiger partial charge in [-0.2, -0.15) is 4.39 Å². The van der Waals surface area contributed by atoms with Crippen molar-refractivity contribution >= 4 is 21.9 Å². The highest BCUT2D eigenvalue weighted by molar-refractivity contribution is 6.08. The van der Waals surface area contributed by atoms with Gasteiger partial charge in [0, 0.05) is 11.6 Å². The Hall–Kier alpha value is -2.89. The van der Waals surface area contributed by atoms with Gasteiger partial charge in [-0.3, -0.25) is 4.79 Å². The zero-order chi connectivity index (χ0) is 18.6. The second kappa shape index (κ2) is 5.83. The molecule has 0 amide bonds. The summed E-state index contributed by atoms with van der Waals surface area (Å²) in [6.07, 6.45) is 4.10. The predicted molar refractivity (Wildman–Crippen MR) is 94.2 cm³/mol. The first kappa shape index (κ1) is 16.6. The van der Waals surface area contributed by atoms with Crippen molar-refractivity contribution in [1.29, 1.82) is 0 Å². The van der Waals surface area contributed by atoms with Crippen LogP contribution in [0.3, 0.4) is 0 Å². The quantitative estimate of drug-likeness (QED) is 0.517. The second-order valence-electron chi connectivity index (χ2n) is 6.46. The standard InChI is InChI=1S/C20H16FO5/c1-4-5-11-14-17-12(6-9(2)8-24-17)18-15(13(22)7-10(3)25-18)19(14)26-20(23)16(11)21/h7H,4-5,8H2,1-3H3. The van der Waals surface area contributed by atoms with E-state index in [1.54, 1.807) is 6.92 Å². The van der Waals surface area contributed by atoms with Crippen LogP contribution >= 0.6 is 0 Å². The van der Waals surface area contributed by atoms with Gasteiger partial charge in [0.1, 0.15) is 23.5 Å². The molecule has 1 aliphatic rings. The lowest BCUT2D eigenvalue weighted by Crippen LogP contribution is -2.15. The number of aryl methyl sites for hydroxylation is 2. The largest absolute Gasteiger partial charge is 0.488 e. The van der Waals surface area contributed by atoms with E-state index in [-0.39, 0.29) is 34.2 Å². The molecule has 4 rings (SSSR count). The van der Waals surface area contributed by atoms with E-state index in [1.165, 1.54) is 6.07 Å². The van der Waals surface area contributed by atoms with Crippen LogP contribution in [0.4, 0.5) is 4.39 Å². The van der Waals surface area contributed by atoms with Crippen molar-refractivity contribution in [2.24, 2.45) is 0 Å². The van der Waals surface area contributed by atoms with Crippen LogP contribution in [-0.2, 0) is 6.42 Å². The number of hydrogen-bond acceptors (Lipinski definition) is 5. The van der Waals surface area contributed by atoms with Gasteiger partial charge < -0.3 is 13.6 Å². The Kier molecular flexibility index (Phi) is 3.72. The fourth-order valence-corrected chi connectivity index (χ4v) is 3.38. The molecule has 5 nitrogen and oxygen atoms in total. The van der Waals surface area contributed by atoms with E-state index < -0.39 is 11.4 Å². The molecular weight excluding hydrogens is 339 g/mol. The minimum Gasteiger partial charge on any atom is -0.488 e. The monoisotopic (exact) mass is 355 g/mol. The summed E-state index contributed by atoms with van der Waals surface area (Å²) in [7, 11) is 0. The number of ether oxygens (including phenoxy) is 1. The molecule has 3 heterocycles. The van der Waals surface area contributed by atoms with Gasteiger partial charge in [0.05, 0.1) is 10.9 Å². The third-order valence-corrected chi connectivity index (χ3v) is 4.42. The molecule has 0 aliphatic carbocycles. The summed E-state index contributed by atoms with van der Waals surface area (Å²) in [5, 5.41) is 0.409. The second-order valence-corrected chi connectivity index (χ2v) is 6.46. The van der Waals surface area contributed by atoms with E-state index in [4.69, 9.17) is 13.6 Å². The maximum Gasteiger partial charge on any atom is 0.372 e. The summed E-state index contributed by atoms with van der Waals surface area (Å²) in [4.78, 5) is 24.7. The van der Waals surface area contributed by atoms with Gasteiger partial charge in [-0.05, 0) is 31.9 Å². The van der Waals surface area contributed by atoms with Gasteiger partial charge in [-0.15, -0.1) is 0 Å². The van der Waals surface area contributed by atoms with Crippen LogP contribution in [0, 0.1) is 18.8 Å². The lowest BCUT2D eigenvalue weighted by molar-refractivity contribution is 0.345. The highest BCUT2D eigenvalue weighted by Gasteiger charge is 2.27. The molecule has 1 aliphatic heterocycles. The Morgan fingerprint density at radius 1 is 1.15 bits per heavy atom. The Morgan fingerprint density at radius 2 is 1.92 bits per heavy atom. The molecule has 0 N–H and O–H groups in total. The molecule has 0 atom stereocenters. The fourth-order valence-electron chi connectivity index (χ4n) is 3.38. The van der Waals surface area contributed by atoms with Crippen LogP contribution < -0.4 is 15.8 Å². The third-order valence-electron chi connectivity index (χ3n) is 4.42. The number of hydrogen-bond donors (Lipinski definition) is 0. The molecule has 6 heteroatoms. The first-order valence-corrected chi connectivity index (χ1v) is 8.40. The van der Waals surface area contributed by atoms with Crippen molar-refractivity contribution in [1.82, 2.24) is 0 Å². The highest BCUT2D eigenvalue weighted by Crippen LogP contribution is 2.41. The summed E-state index contributed by atoms with van der Waals surface area (Å²) in [6, 6.07) is 1.32. The molecule has 1 radical (unpaired) electrons. The first-order chi connectivity index (χ1) is 12.4. The summed E-state index contributed by atoms with van der Waals surface area (Å²) in [5.74, 6) is -0.211. The van der Waals surface area contributed by atoms with Gasteiger partial charge in [-0.25, -0.2) is 4.79 Å². The van der Waals surface area contributed by atoms with Gasteiger partial charge in [0.15, 0.2) is 16.6 Å². The number of fused-ring (bicyclic) bond motifs is 6. The van der Waals surface area contributed by atoms with Crippen molar-refractivity contribution in [3.8, 4) is 5.75 Å². The zero-order valence-electron chi connectivity index (χ0n) is 14.6. The van der Waals surface area contributed by atoms with Crippen LogP contribution in [0.25, 0.3) is 21.9 Å². The average molecular weight is 355 g/mol. The summed E-state index contributed by atoms with van der Waals surface area (Å²) >= 11 is 0. The minimum atomic E-state index is -1.10. The molecule has 1 aromatic carbocycles. The molecule has 0 unspecified atom stereocenters. The van der Waals surface area contributed by atoms with Crippen molar-refractivity contribution in [2.45, 2.75) is 33.6 Å². The number of rotatable bonds is 2. The molecule has 0 saturated heterocycles. The van der Waals surface area contributed by atoms with Crippen LogP contribution in [0.15, 0.2) is 30.1 Å². The van der Waals surface area contributed by atoms with E-state index in [0.29, 0.717) is 35.3 Å². The van der Waals surface area contributed by atoms with Crippen LogP contribution in [-0.4, -0.2) is 6.61 Å². The van der Waals surface area contributed by atoms with Crippen molar-refractivity contribution in [3.05, 3.63) is 61.1 Å². The van der Waals surface area contributed by atoms with E-state index >= 15 is 0 Å². The summed E-state index contributed by atoms with van der Waals surface area (Å²) < 4.78 is 31.3. The number of halogens is 1. The van der Waals surface area contributed by atoms with E-state index in [0.717, 1.165) is 5.57 Å². The SMILES string of the molecule is CCCc1c(F)c(=O)oc2c1c1c(c3oc(C)cc(=O)c32)[C]=C(C)CO1. The van der Waals surface area contributed by atoms with Gasteiger partial charge in [0.25, 0.3) is 0 Å². The topological polar surface area (TPSA) is 69.7 Å². The van der Waals surface area contributed by atoms with Crippen LogP contribution in [0.5, 0.6) is 5.75 Å². The van der Waals surface area contributed by atoms with Crippen LogP contribution in [0.1, 0.15) is 37.2 Å². The Morgan fingerprint density at radius 3 is 2.65 bits per heavy atom. The lowest BCUT2D eigenvalue weighted by atomic mass is 9.96. The Balaban J connectivity index is 2.37. The van der Waals surface area contributed by atoms with E-state index in [1.807, 2.05) is 13.8 Å². The maximum atomic E-state index is 14.5. The normalized spacial score (nSPS) is 13.6. The zero-order valence-corrected chi connectivity index (χ0v) is 14.6. The van der Waals surface area contributed by atoms with Gasteiger partial charge in [-0.1, -0.05) is 13.3 Å². The molecular formula is C20H16FO5. The molecule has 0 fully saturated rings. The molecule has 133 valence electrons.